The summed E-state index contributed by atoms with van der Waals surface area (Å²) in [6.45, 7) is 0. The second-order valence-corrected chi connectivity index (χ2v) is 10.2. The number of hydrogen-bond donors (Lipinski definition) is 2. The Labute approximate surface area is 126 Å². The summed E-state index contributed by atoms with van der Waals surface area (Å²) in [5, 5.41) is 9.79. The number of allylic oxidation sites excluding steroid dienone is 2. The van der Waals surface area contributed by atoms with Crippen molar-refractivity contribution in [2.75, 3.05) is 19.6 Å². The molecule has 1 heterocycles. The molecule has 1 aliphatic rings. The molecule has 0 unspecified atom stereocenters. The number of nitrogens with one attached hydrogen (secondary N) is 1. The standard InChI is InChI=1S/C14H18N2O3S2/c1-16-14(17)13-12(8-9-20(13,2)3)10-4-6-11(7-5-10)21(15,18)19/h4-9H,1-3H3,(H,16,17)(H2,15,18,19). The highest BCUT2D eigenvalue weighted by Gasteiger charge is 2.29. The average Bonchev–Trinajstić information content (AvgIpc) is 2.73. The minimum Gasteiger partial charge on any atom is -0.355 e. The van der Waals surface area contributed by atoms with Gasteiger partial charge in [-0.15, -0.1) is 0 Å². The summed E-state index contributed by atoms with van der Waals surface area (Å²) in [7, 11) is -3.40. The summed E-state index contributed by atoms with van der Waals surface area (Å²) in [5.41, 5.74) is 1.63. The summed E-state index contributed by atoms with van der Waals surface area (Å²) >= 11 is 0. The van der Waals surface area contributed by atoms with Gasteiger partial charge in [0, 0.05) is 12.6 Å². The second kappa shape index (κ2) is 5.32. The third kappa shape index (κ3) is 3.04. The topological polar surface area (TPSA) is 89.3 Å². The largest absolute Gasteiger partial charge is 0.355 e. The Hall–Kier alpha value is -1.57. The Morgan fingerprint density at radius 2 is 1.76 bits per heavy atom. The number of likely N-dealkylation sites (N-methyl/N-ethyl adjacent to an activating group) is 1. The molecule has 7 heteroatoms. The minimum absolute atomic E-state index is 0.0573. The molecule has 1 amide bonds. The Kier molecular flexibility index (Phi) is 4.01. The van der Waals surface area contributed by atoms with Gasteiger partial charge >= 0.3 is 0 Å². The normalized spacial score (nSPS) is 18.7. The highest BCUT2D eigenvalue weighted by Crippen LogP contribution is 2.57. The number of amides is 1. The van der Waals surface area contributed by atoms with Crippen molar-refractivity contribution in [3.05, 3.63) is 46.2 Å². The molecule has 0 aromatic heterocycles. The molecule has 0 saturated heterocycles. The Bertz CT molecular complexity index is 745. The quantitative estimate of drug-likeness (QED) is 0.879. The molecule has 21 heavy (non-hydrogen) atoms. The molecular formula is C14H18N2O3S2. The van der Waals surface area contributed by atoms with Crippen molar-refractivity contribution in [2.45, 2.75) is 4.90 Å². The van der Waals surface area contributed by atoms with Crippen LogP contribution in [0.15, 0.2) is 45.6 Å². The molecule has 1 aromatic rings. The summed E-state index contributed by atoms with van der Waals surface area (Å²) < 4.78 is 22.6. The first-order valence-electron chi connectivity index (χ1n) is 6.18. The third-order valence-corrected chi connectivity index (χ3v) is 6.48. The van der Waals surface area contributed by atoms with Gasteiger partial charge in [0.1, 0.15) is 0 Å². The number of primary sulfonamides is 1. The Morgan fingerprint density at radius 1 is 1.19 bits per heavy atom. The number of carbonyl (C=O) groups excluding carboxylic acids is 1. The van der Waals surface area contributed by atoms with Gasteiger partial charge in [-0.25, -0.2) is 13.6 Å². The first kappa shape index (κ1) is 15.8. The predicted molar refractivity (Wildman–Crippen MR) is 87.4 cm³/mol. The van der Waals surface area contributed by atoms with Crippen molar-refractivity contribution in [3.8, 4) is 0 Å². The maximum atomic E-state index is 12.1. The molecule has 114 valence electrons. The molecule has 0 fully saturated rings. The number of rotatable bonds is 3. The first-order chi connectivity index (χ1) is 9.66. The van der Waals surface area contributed by atoms with Crippen LogP contribution < -0.4 is 10.5 Å². The van der Waals surface area contributed by atoms with Gasteiger partial charge in [0.15, 0.2) is 0 Å². The lowest BCUT2D eigenvalue weighted by molar-refractivity contribution is -0.116. The zero-order chi connectivity index (χ0) is 15.8. The van der Waals surface area contributed by atoms with Gasteiger partial charge in [-0.3, -0.25) is 4.79 Å². The zero-order valence-corrected chi connectivity index (χ0v) is 13.7. The van der Waals surface area contributed by atoms with Gasteiger partial charge in [0.2, 0.25) is 10.0 Å². The highest BCUT2D eigenvalue weighted by atomic mass is 32.3. The van der Waals surface area contributed by atoms with Crippen molar-refractivity contribution in [1.82, 2.24) is 5.32 Å². The van der Waals surface area contributed by atoms with Crippen molar-refractivity contribution in [3.63, 3.8) is 0 Å². The summed E-state index contributed by atoms with van der Waals surface area (Å²) in [6, 6.07) is 6.24. The van der Waals surface area contributed by atoms with Gasteiger partial charge < -0.3 is 5.32 Å². The number of sulfonamides is 1. The molecule has 0 atom stereocenters. The van der Waals surface area contributed by atoms with E-state index in [0.717, 1.165) is 16.0 Å². The Balaban J connectivity index is 2.54. The molecule has 0 bridgehead atoms. The molecule has 0 radical (unpaired) electrons. The summed E-state index contributed by atoms with van der Waals surface area (Å²) in [5.74, 6) is -0.106. The lowest BCUT2D eigenvalue weighted by Crippen LogP contribution is -2.22. The van der Waals surface area contributed by atoms with Crippen molar-refractivity contribution >= 4 is 31.5 Å². The van der Waals surface area contributed by atoms with E-state index in [2.05, 4.69) is 5.32 Å². The van der Waals surface area contributed by atoms with E-state index in [4.69, 9.17) is 5.14 Å². The van der Waals surface area contributed by atoms with Crippen LogP contribution in [0.4, 0.5) is 0 Å². The van der Waals surface area contributed by atoms with Crippen molar-refractivity contribution in [1.29, 1.82) is 0 Å². The van der Waals surface area contributed by atoms with Crippen LogP contribution in [-0.2, 0) is 14.8 Å². The van der Waals surface area contributed by atoms with Crippen LogP contribution in [0.1, 0.15) is 5.56 Å². The third-order valence-electron chi connectivity index (χ3n) is 3.27. The van der Waals surface area contributed by atoms with Crippen LogP contribution in [0.5, 0.6) is 0 Å². The molecule has 1 aromatic carbocycles. The van der Waals surface area contributed by atoms with E-state index in [9.17, 15) is 13.2 Å². The molecular weight excluding hydrogens is 308 g/mol. The summed E-state index contributed by atoms with van der Waals surface area (Å²) in [4.78, 5) is 12.9. The SMILES string of the molecule is CNC(=O)C1=C(c2ccc(S(N)(=O)=O)cc2)C=CS1(C)C. The lowest BCUT2D eigenvalue weighted by atomic mass is 10.1. The maximum absolute atomic E-state index is 12.1. The molecule has 3 N–H and O–H groups in total. The van der Waals surface area contributed by atoms with Crippen LogP contribution >= 0.6 is 10.0 Å². The zero-order valence-electron chi connectivity index (χ0n) is 12.1. The van der Waals surface area contributed by atoms with Crippen LogP contribution in [0, 0.1) is 0 Å². The van der Waals surface area contributed by atoms with E-state index >= 15 is 0 Å². The van der Waals surface area contributed by atoms with E-state index in [1.54, 1.807) is 19.2 Å². The Morgan fingerprint density at radius 3 is 2.24 bits per heavy atom. The van der Waals surface area contributed by atoms with Gasteiger partial charge in [-0.05, 0) is 41.7 Å². The average molecular weight is 326 g/mol. The van der Waals surface area contributed by atoms with Crippen molar-refractivity contribution in [2.24, 2.45) is 5.14 Å². The fourth-order valence-corrected chi connectivity index (χ4v) is 4.65. The molecule has 2 rings (SSSR count). The molecule has 0 spiro atoms. The van der Waals surface area contributed by atoms with E-state index in [0.29, 0.717) is 0 Å². The summed E-state index contributed by atoms with van der Waals surface area (Å²) in [6.07, 6.45) is 6.01. The van der Waals surface area contributed by atoms with E-state index < -0.39 is 20.1 Å². The van der Waals surface area contributed by atoms with Crippen LogP contribution in [-0.4, -0.2) is 33.9 Å². The maximum Gasteiger partial charge on any atom is 0.256 e. The van der Waals surface area contributed by atoms with E-state index in [1.807, 2.05) is 24.0 Å². The number of carbonyl (C=O) groups is 1. The second-order valence-electron chi connectivity index (χ2n) is 5.10. The molecule has 5 nitrogen and oxygen atoms in total. The molecule has 0 saturated carbocycles. The van der Waals surface area contributed by atoms with Crippen LogP contribution in [0.25, 0.3) is 5.57 Å². The molecule has 0 aliphatic carbocycles. The number of nitrogens with two attached hydrogens (primary N) is 1. The van der Waals surface area contributed by atoms with E-state index in [1.165, 1.54) is 12.1 Å². The predicted octanol–water partition coefficient (Wildman–Crippen LogP) is 1.38. The van der Waals surface area contributed by atoms with Gasteiger partial charge in [-0.2, -0.15) is 10.0 Å². The van der Waals surface area contributed by atoms with Crippen LogP contribution in [0.2, 0.25) is 0 Å². The first-order valence-corrected chi connectivity index (χ1v) is 10.2. The molecule has 1 aliphatic heterocycles. The lowest BCUT2D eigenvalue weighted by Gasteiger charge is -2.26. The highest BCUT2D eigenvalue weighted by molar-refractivity contribution is 8.39. The van der Waals surface area contributed by atoms with Gasteiger partial charge in [0.25, 0.3) is 5.91 Å². The van der Waals surface area contributed by atoms with Crippen LogP contribution in [0.3, 0.4) is 0 Å². The minimum atomic E-state index is -3.71. The monoisotopic (exact) mass is 326 g/mol. The fraction of sp³-hybridized carbons (Fsp3) is 0.214. The number of hydrogen-bond acceptors (Lipinski definition) is 3. The van der Waals surface area contributed by atoms with E-state index in [-0.39, 0.29) is 10.8 Å². The van der Waals surface area contributed by atoms with Crippen molar-refractivity contribution < 1.29 is 13.2 Å². The van der Waals surface area contributed by atoms with Gasteiger partial charge in [-0.1, -0.05) is 12.1 Å². The number of benzene rings is 1. The smallest absolute Gasteiger partial charge is 0.256 e. The van der Waals surface area contributed by atoms with Gasteiger partial charge in [0.05, 0.1) is 9.80 Å². The fourth-order valence-electron chi connectivity index (χ4n) is 2.19.